The van der Waals surface area contributed by atoms with E-state index in [1.54, 1.807) is 24.3 Å². The van der Waals surface area contributed by atoms with Crippen molar-refractivity contribution in [3.05, 3.63) is 53.6 Å². The molecular weight excluding hydrogens is 334 g/mol. The molecule has 0 unspecified atom stereocenters. The van der Waals surface area contributed by atoms with Crippen molar-refractivity contribution in [3.8, 4) is 17.2 Å². The Balaban J connectivity index is 1.67. The lowest BCUT2D eigenvalue weighted by Crippen LogP contribution is -2.25. The summed E-state index contributed by atoms with van der Waals surface area (Å²) in [5, 5.41) is 0. The van der Waals surface area contributed by atoms with Gasteiger partial charge in [-0.25, -0.2) is 0 Å². The van der Waals surface area contributed by atoms with E-state index in [9.17, 15) is 18.4 Å². The third kappa shape index (κ3) is 3.60. The second-order valence-electron chi connectivity index (χ2n) is 5.38. The Kier molecular flexibility index (Phi) is 4.39. The molecule has 0 aromatic heterocycles. The molecule has 0 saturated carbocycles. The molecule has 0 amide bonds. The average Bonchev–Trinajstić information content (AvgIpc) is 2.92. The molecule has 0 aliphatic carbocycles. The number of alkyl halides is 2. The van der Waals surface area contributed by atoms with Gasteiger partial charge in [0, 0.05) is 18.4 Å². The van der Waals surface area contributed by atoms with Gasteiger partial charge in [0.15, 0.2) is 23.1 Å². The molecule has 0 atom stereocenters. The lowest BCUT2D eigenvalue weighted by molar-refractivity contribution is -0.286. The van der Waals surface area contributed by atoms with Crippen LogP contribution in [0.1, 0.15) is 33.6 Å². The predicted octanol–water partition coefficient (Wildman–Crippen LogP) is 3.86. The maximum atomic E-state index is 13.0. The van der Waals surface area contributed by atoms with Crippen molar-refractivity contribution in [2.24, 2.45) is 0 Å². The first-order valence-corrected chi connectivity index (χ1v) is 7.49. The quantitative estimate of drug-likeness (QED) is 0.742. The summed E-state index contributed by atoms with van der Waals surface area (Å²) in [5.74, 6) is -0.494. The zero-order valence-electron chi connectivity index (χ0n) is 13.3. The van der Waals surface area contributed by atoms with Crippen LogP contribution >= 0.6 is 0 Å². The van der Waals surface area contributed by atoms with Gasteiger partial charge < -0.3 is 14.2 Å². The normalized spacial score (nSPS) is 14.2. The van der Waals surface area contributed by atoms with Gasteiger partial charge in [0.25, 0.3) is 0 Å². The van der Waals surface area contributed by atoms with Gasteiger partial charge in [-0.3, -0.25) is 9.59 Å². The third-order valence-electron chi connectivity index (χ3n) is 3.71. The lowest BCUT2D eigenvalue weighted by Gasteiger charge is -2.07. The van der Waals surface area contributed by atoms with Crippen LogP contribution in [0.2, 0.25) is 0 Å². The van der Waals surface area contributed by atoms with E-state index in [1.165, 1.54) is 25.3 Å². The van der Waals surface area contributed by atoms with Crippen LogP contribution in [0.25, 0.3) is 0 Å². The number of fused-ring (bicyclic) bond motifs is 1. The molecule has 5 nitrogen and oxygen atoms in total. The Morgan fingerprint density at radius 2 is 1.68 bits per heavy atom. The molecule has 25 heavy (non-hydrogen) atoms. The van der Waals surface area contributed by atoms with Gasteiger partial charge in [-0.05, 0) is 30.3 Å². The van der Waals surface area contributed by atoms with E-state index in [1.807, 2.05) is 0 Å². The highest BCUT2D eigenvalue weighted by molar-refractivity contribution is 6.03. The van der Waals surface area contributed by atoms with E-state index >= 15 is 0 Å². The molecular formula is C18H14F2O5. The number of rotatable bonds is 6. The van der Waals surface area contributed by atoms with E-state index in [-0.39, 0.29) is 41.5 Å². The second-order valence-corrected chi connectivity index (χ2v) is 5.38. The molecule has 0 saturated heterocycles. The van der Waals surface area contributed by atoms with Crippen LogP contribution in [0, 0.1) is 0 Å². The van der Waals surface area contributed by atoms with Crippen LogP contribution in [-0.2, 0) is 0 Å². The molecule has 0 spiro atoms. The number of methoxy groups -OCH3 is 1. The molecule has 2 aromatic carbocycles. The molecule has 130 valence electrons. The molecule has 1 aliphatic heterocycles. The third-order valence-corrected chi connectivity index (χ3v) is 3.71. The Bertz CT molecular complexity index is 832. The number of Topliss-reactive ketones (excluding diaryl/α,β-unsaturated/α-hetero) is 2. The van der Waals surface area contributed by atoms with E-state index < -0.39 is 6.29 Å². The fourth-order valence-corrected chi connectivity index (χ4v) is 2.50. The first-order valence-electron chi connectivity index (χ1n) is 7.49. The molecule has 7 heteroatoms. The summed E-state index contributed by atoms with van der Waals surface area (Å²) in [4.78, 5) is 24.5. The van der Waals surface area contributed by atoms with E-state index in [4.69, 9.17) is 4.74 Å². The van der Waals surface area contributed by atoms with Gasteiger partial charge in [-0.2, -0.15) is 0 Å². The minimum atomic E-state index is -3.73. The van der Waals surface area contributed by atoms with E-state index in [0.717, 1.165) is 0 Å². The van der Waals surface area contributed by atoms with Crippen LogP contribution in [-0.4, -0.2) is 25.0 Å². The number of carbonyl (C=O) groups excluding carboxylic acids is 2. The number of carbonyl (C=O) groups is 2. The second kappa shape index (κ2) is 6.51. The summed E-state index contributed by atoms with van der Waals surface area (Å²) >= 11 is 0. The fourth-order valence-electron chi connectivity index (χ4n) is 2.50. The van der Waals surface area contributed by atoms with Crippen LogP contribution in [0.4, 0.5) is 8.78 Å². The number of benzene rings is 2. The highest BCUT2D eigenvalue weighted by Gasteiger charge is 2.43. The van der Waals surface area contributed by atoms with Gasteiger partial charge in [0.1, 0.15) is 5.75 Å². The Morgan fingerprint density at radius 3 is 2.44 bits per heavy atom. The molecule has 0 bridgehead atoms. The van der Waals surface area contributed by atoms with Crippen LogP contribution < -0.4 is 14.2 Å². The van der Waals surface area contributed by atoms with Crippen molar-refractivity contribution >= 4 is 11.6 Å². The van der Waals surface area contributed by atoms with Crippen LogP contribution in [0.15, 0.2) is 42.5 Å². The number of para-hydroxylation sites is 1. The molecule has 0 fully saturated rings. The minimum absolute atomic E-state index is 0.0240. The Hall–Kier alpha value is -2.96. The summed E-state index contributed by atoms with van der Waals surface area (Å²) in [6.07, 6.45) is -3.82. The highest BCUT2D eigenvalue weighted by atomic mass is 19.3. The predicted molar refractivity (Wildman–Crippen MR) is 83.5 cm³/mol. The molecule has 3 rings (SSSR count). The zero-order valence-corrected chi connectivity index (χ0v) is 13.3. The van der Waals surface area contributed by atoms with Crippen LogP contribution in [0.3, 0.4) is 0 Å². The van der Waals surface area contributed by atoms with Gasteiger partial charge >= 0.3 is 6.29 Å². The first-order chi connectivity index (χ1) is 11.9. The number of ketones is 2. The summed E-state index contributed by atoms with van der Waals surface area (Å²) < 4.78 is 39.7. The number of ether oxygens (including phenoxy) is 3. The maximum absolute atomic E-state index is 13.0. The Labute approximate surface area is 142 Å². The minimum Gasteiger partial charge on any atom is -0.496 e. The van der Waals surface area contributed by atoms with Crippen molar-refractivity contribution in [1.82, 2.24) is 0 Å². The standard InChI is InChI=1S/C18H14F2O5/c1-23-15-5-3-2-4-12(15)14(22)8-7-13(21)11-6-9-16-17(10-11)25-18(19,20)24-16/h2-6,9-10H,7-8H2,1H3. The van der Waals surface area contributed by atoms with Gasteiger partial charge in [-0.15, -0.1) is 8.78 Å². The van der Waals surface area contributed by atoms with Crippen LogP contribution in [0.5, 0.6) is 17.2 Å². The van der Waals surface area contributed by atoms with Gasteiger partial charge in [0.05, 0.1) is 12.7 Å². The summed E-state index contributed by atoms with van der Waals surface area (Å²) in [5.41, 5.74) is 0.566. The first kappa shape index (κ1) is 16.9. The average molecular weight is 348 g/mol. The topological polar surface area (TPSA) is 61.8 Å². The molecule has 1 aliphatic rings. The molecule has 0 radical (unpaired) electrons. The summed E-state index contributed by atoms with van der Waals surface area (Å²) in [6.45, 7) is 0. The largest absolute Gasteiger partial charge is 0.586 e. The SMILES string of the molecule is COc1ccccc1C(=O)CCC(=O)c1ccc2c(c1)OC(F)(F)O2. The zero-order chi connectivity index (χ0) is 18.0. The molecule has 2 aromatic rings. The van der Waals surface area contributed by atoms with Gasteiger partial charge in [0.2, 0.25) is 0 Å². The number of halogens is 2. The number of hydrogen-bond donors (Lipinski definition) is 0. The van der Waals surface area contributed by atoms with Crippen molar-refractivity contribution < 1.29 is 32.6 Å². The fraction of sp³-hybridized carbons (Fsp3) is 0.222. The van der Waals surface area contributed by atoms with Crippen molar-refractivity contribution in [3.63, 3.8) is 0 Å². The molecule has 1 heterocycles. The monoisotopic (exact) mass is 348 g/mol. The smallest absolute Gasteiger partial charge is 0.496 e. The maximum Gasteiger partial charge on any atom is 0.586 e. The Morgan fingerprint density at radius 1 is 1.00 bits per heavy atom. The van der Waals surface area contributed by atoms with Crippen molar-refractivity contribution in [2.75, 3.05) is 7.11 Å². The lowest BCUT2D eigenvalue weighted by atomic mass is 10.0. The van der Waals surface area contributed by atoms with E-state index in [2.05, 4.69) is 9.47 Å². The highest BCUT2D eigenvalue weighted by Crippen LogP contribution is 2.41. The summed E-state index contributed by atoms with van der Waals surface area (Å²) in [6, 6.07) is 10.5. The number of hydrogen-bond acceptors (Lipinski definition) is 5. The molecule has 0 N–H and O–H groups in total. The van der Waals surface area contributed by atoms with E-state index in [0.29, 0.717) is 11.3 Å². The van der Waals surface area contributed by atoms with Crippen molar-refractivity contribution in [2.45, 2.75) is 19.1 Å². The summed E-state index contributed by atoms with van der Waals surface area (Å²) in [7, 11) is 1.46. The van der Waals surface area contributed by atoms with Crippen molar-refractivity contribution in [1.29, 1.82) is 0 Å². The van der Waals surface area contributed by atoms with Gasteiger partial charge in [-0.1, -0.05) is 12.1 Å².